The van der Waals surface area contributed by atoms with E-state index in [1.165, 1.54) is 11.3 Å². The summed E-state index contributed by atoms with van der Waals surface area (Å²) in [6.45, 7) is 4.69. The fourth-order valence-corrected chi connectivity index (χ4v) is 2.78. The number of carbonyl (C=O) groups is 2. The molecule has 6 heteroatoms. The second-order valence-corrected chi connectivity index (χ2v) is 5.93. The predicted octanol–water partition coefficient (Wildman–Crippen LogP) is 1.80. The molecule has 0 aliphatic carbocycles. The van der Waals surface area contributed by atoms with Crippen LogP contribution >= 0.6 is 11.3 Å². The molecule has 0 spiro atoms. The SMILES string of the molecule is CC(C)CC(CN)CC(=O)Nc1sccc1C(N)=O. The van der Waals surface area contributed by atoms with Crippen LogP contribution in [0.3, 0.4) is 0 Å². The van der Waals surface area contributed by atoms with E-state index in [4.69, 9.17) is 11.5 Å². The molecular formula is C13H21N3O2S. The Balaban J connectivity index is 2.59. The van der Waals surface area contributed by atoms with Gasteiger partial charge in [0, 0.05) is 6.42 Å². The number of nitrogens with two attached hydrogens (primary N) is 2. The Morgan fingerprint density at radius 3 is 2.63 bits per heavy atom. The maximum absolute atomic E-state index is 11.9. The van der Waals surface area contributed by atoms with Gasteiger partial charge in [0.2, 0.25) is 5.91 Å². The first-order chi connectivity index (χ1) is 8.93. The molecule has 0 radical (unpaired) electrons. The predicted molar refractivity (Wildman–Crippen MR) is 78.1 cm³/mol. The number of hydrogen-bond donors (Lipinski definition) is 3. The minimum absolute atomic E-state index is 0.124. The Kier molecular flexibility index (Phi) is 5.98. The van der Waals surface area contributed by atoms with Crippen molar-refractivity contribution in [3.05, 3.63) is 17.0 Å². The molecule has 106 valence electrons. The molecule has 1 rings (SSSR count). The van der Waals surface area contributed by atoms with Crippen molar-refractivity contribution in [1.29, 1.82) is 0 Å². The topological polar surface area (TPSA) is 98.2 Å². The summed E-state index contributed by atoms with van der Waals surface area (Å²) in [6, 6.07) is 1.61. The smallest absolute Gasteiger partial charge is 0.251 e. The average molecular weight is 283 g/mol. The summed E-state index contributed by atoms with van der Waals surface area (Å²) < 4.78 is 0. The third kappa shape index (κ3) is 5.00. The number of hydrogen-bond acceptors (Lipinski definition) is 4. The lowest BCUT2D eigenvalue weighted by Gasteiger charge is -2.16. The van der Waals surface area contributed by atoms with E-state index in [-0.39, 0.29) is 11.8 Å². The highest BCUT2D eigenvalue weighted by Gasteiger charge is 2.17. The van der Waals surface area contributed by atoms with Gasteiger partial charge < -0.3 is 16.8 Å². The molecule has 1 heterocycles. The van der Waals surface area contributed by atoms with E-state index < -0.39 is 5.91 Å². The highest BCUT2D eigenvalue weighted by molar-refractivity contribution is 7.14. The molecule has 1 unspecified atom stereocenters. The van der Waals surface area contributed by atoms with Crippen LogP contribution in [0.1, 0.15) is 37.0 Å². The van der Waals surface area contributed by atoms with Gasteiger partial charge in [0.15, 0.2) is 0 Å². The maximum Gasteiger partial charge on any atom is 0.251 e. The molecule has 0 saturated heterocycles. The molecule has 0 bridgehead atoms. The average Bonchev–Trinajstić information content (AvgIpc) is 2.75. The Morgan fingerprint density at radius 2 is 2.11 bits per heavy atom. The van der Waals surface area contributed by atoms with Gasteiger partial charge in [-0.2, -0.15) is 0 Å². The van der Waals surface area contributed by atoms with Gasteiger partial charge in [0.1, 0.15) is 5.00 Å². The fraction of sp³-hybridized carbons (Fsp3) is 0.538. The Morgan fingerprint density at radius 1 is 1.42 bits per heavy atom. The van der Waals surface area contributed by atoms with Crippen molar-refractivity contribution in [2.45, 2.75) is 26.7 Å². The number of anilines is 1. The number of nitrogens with one attached hydrogen (secondary N) is 1. The van der Waals surface area contributed by atoms with E-state index in [0.29, 0.717) is 29.4 Å². The fourth-order valence-electron chi connectivity index (χ4n) is 1.97. The summed E-state index contributed by atoms with van der Waals surface area (Å²) in [5.41, 5.74) is 11.2. The van der Waals surface area contributed by atoms with Gasteiger partial charge in [-0.05, 0) is 36.2 Å². The molecular weight excluding hydrogens is 262 g/mol. The second kappa shape index (κ2) is 7.25. The van der Waals surface area contributed by atoms with Crippen molar-refractivity contribution in [1.82, 2.24) is 0 Å². The highest BCUT2D eigenvalue weighted by Crippen LogP contribution is 2.23. The van der Waals surface area contributed by atoms with Crippen LogP contribution in [-0.2, 0) is 4.79 Å². The summed E-state index contributed by atoms with van der Waals surface area (Å²) in [6.07, 6.45) is 1.28. The monoisotopic (exact) mass is 283 g/mol. The number of primary amides is 1. The van der Waals surface area contributed by atoms with Crippen LogP contribution in [0, 0.1) is 11.8 Å². The van der Waals surface area contributed by atoms with Gasteiger partial charge in [0.25, 0.3) is 5.91 Å². The van der Waals surface area contributed by atoms with Gasteiger partial charge in [-0.3, -0.25) is 9.59 Å². The molecule has 1 aromatic rings. The van der Waals surface area contributed by atoms with E-state index in [0.717, 1.165) is 6.42 Å². The first-order valence-corrected chi connectivity index (χ1v) is 7.19. The lowest BCUT2D eigenvalue weighted by molar-refractivity contribution is -0.117. The molecule has 0 aromatic carbocycles. The molecule has 2 amide bonds. The van der Waals surface area contributed by atoms with Gasteiger partial charge in [-0.15, -0.1) is 11.3 Å². The van der Waals surface area contributed by atoms with Crippen molar-refractivity contribution in [3.8, 4) is 0 Å². The second-order valence-electron chi connectivity index (χ2n) is 5.01. The van der Waals surface area contributed by atoms with Crippen molar-refractivity contribution >= 4 is 28.2 Å². The van der Waals surface area contributed by atoms with E-state index in [1.54, 1.807) is 11.4 Å². The quantitative estimate of drug-likeness (QED) is 0.711. The van der Waals surface area contributed by atoms with E-state index >= 15 is 0 Å². The minimum atomic E-state index is -0.533. The van der Waals surface area contributed by atoms with E-state index in [9.17, 15) is 9.59 Å². The largest absolute Gasteiger partial charge is 0.366 e. The standard InChI is InChI=1S/C13H21N3O2S/c1-8(2)5-9(7-14)6-11(17)16-13-10(12(15)18)3-4-19-13/h3-4,8-9H,5-7,14H2,1-2H3,(H2,15,18)(H,16,17). The number of thiophene rings is 1. The molecule has 19 heavy (non-hydrogen) atoms. The van der Waals surface area contributed by atoms with E-state index in [2.05, 4.69) is 19.2 Å². The number of carbonyl (C=O) groups excluding carboxylic acids is 2. The van der Waals surface area contributed by atoms with Crippen LogP contribution in [-0.4, -0.2) is 18.4 Å². The Labute approximate surface area is 117 Å². The Hall–Kier alpha value is -1.40. The van der Waals surface area contributed by atoms with Crippen molar-refractivity contribution in [2.75, 3.05) is 11.9 Å². The zero-order valence-corrected chi connectivity index (χ0v) is 12.1. The summed E-state index contributed by atoms with van der Waals surface area (Å²) in [4.78, 5) is 23.1. The van der Waals surface area contributed by atoms with Crippen LogP contribution in [0.4, 0.5) is 5.00 Å². The zero-order valence-electron chi connectivity index (χ0n) is 11.3. The first kappa shape index (κ1) is 15.7. The normalized spacial score (nSPS) is 12.4. The molecule has 5 nitrogen and oxygen atoms in total. The molecule has 1 atom stereocenters. The summed E-state index contributed by atoms with van der Waals surface area (Å²) in [5, 5.41) is 4.97. The van der Waals surface area contributed by atoms with Crippen molar-refractivity contribution < 1.29 is 9.59 Å². The van der Waals surface area contributed by atoms with Gasteiger partial charge in [0.05, 0.1) is 5.56 Å². The molecule has 0 aliphatic heterocycles. The molecule has 0 saturated carbocycles. The molecule has 1 aromatic heterocycles. The molecule has 5 N–H and O–H groups in total. The van der Waals surface area contributed by atoms with Crippen LogP contribution in [0.25, 0.3) is 0 Å². The maximum atomic E-state index is 11.9. The van der Waals surface area contributed by atoms with Crippen LogP contribution in [0.15, 0.2) is 11.4 Å². The molecule has 0 aliphatic rings. The zero-order chi connectivity index (χ0) is 14.4. The lowest BCUT2D eigenvalue weighted by atomic mass is 9.94. The van der Waals surface area contributed by atoms with E-state index in [1.807, 2.05) is 0 Å². The summed E-state index contributed by atoms with van der Waals surface area (Å²) in [5.74, 6) is 0.0106. The summed E-state index contributed by atoms with van der Waals surface area (Å²) >= 11 is 1.29. The lowest BCUT2D eigenvalue weighted by Crippen LogP contribution is -2.24. The number of rotatable bonds is 7. The third-order valence-corrected chi connectivity index (χ3v) is 3.63. The third-order valence-electron chi connectivity index (χ3n) is 2.80. The summed E-state index contributed by atoms with van der Waals surface area (Å²) in [7, 11) is 0. The van der Waals surface area contributed by atoms with Crippen LogP contribution < -0.4 is 16.8 Å². The number of amides is 2. The van der Waals surface area contributed by atoms with Crippen molar-refractivity contribution in [2.24, 2.45) is 23.3 Å². The molecule has 0 fully saturated rings. The van der Waals surface area contributed by atoms with Gasteiger partial charge >= 0.3 is 0 Å². The minimum Gasteiger partial charge on any atom is -0.366 e. The Bertz CT molecular complexity index is 443. The van der Waals surface area contributed by atoms with Crippen LogP contribution in [0.2, 0.25) is 0 Å². The van der Waals surface area contributed by atoms with Gasteiger partial charge in [-0.1, -0.05) is 13.8 Å². The van der Waals surface area contributed by atoms with Crippen molar-refractivity contribution in [3.63, 3.8) is 0 Å². The first-order valence-electron chi connectivity index (χ1n) is 6.31. The van der Waals surface area contributed by atoms with Crippen LogP contribution in [0.5, 0.6) is 0 Å². The van der Waals surface area contributed by atoms with Gasteiger partial charge in [-0.25, -0.2) is 0 Å². The highest BCUT2D eigenvalue weighted by atomic mass is 32.1.